The van der Waals surface area contributed by atoms with Crippen molar-refractivity contribution >= 4 is 29.9 Å². The second kappa shape index (κ2) is 16.0. The number of methoxy groups -OCH3 is 1. The van der Waals surface area contributed by atoms with Gasteiger partial charge in [-0.1, -0.05) is 30.3 Å². The van der Waals surface area contributed by atoms with Crippen LogP contribution in [0.25, 0.3) is 0 Å². The molecular weight excluding hydrogens is 467 g/mol. The zero-order valence-corrected chi connectivity index (χ0v) is 19.7. The minimum atomic E-state index is 0. The maximum absolute atomic E-state index is 5.48. The number of unbranched alkanes of at least 4 members (excludes halogenated alkanes) is 1. The molecule has 6 nitrogen and oxygen atoms in total. The highest BCUT2D eigenvalue weighted by Gasteiger charge is 2.19. The summed E-state index contributed by atoms with van der Waals surface area (Å²) in [6, 6.07) is 11.2. The van der Waals surface area contributed by atoms with E-state index in [0.29, 0.717) is 19.3 Å². The van der Waals surface area contributed by atoms with Crippen molar-refractivity contribution in [2.75, 3.05) is 53.6 Å². The number of nitrogens with zero attached hydrogens (tertiary/aromatic N) is 2. The van der Waals surface area contributed by atoms with Crippen LogP contribution in [0.2, 0.25) is 0 Å². The first-order valence-electron chi connectivity index (χ1n) is 10.1. The average molecular weight is 504 g/mol. The van der Waals surface area contributed by atoms with E-state index in [4.69, 9.17) is 9.47 Å². The molecule has 160 valence electrons. The molecule has 1 fully saturated rings. The van der Waals surface area contributed by atoms with Crippen LogP contribution in [0.1, 0.15) is 31.2 Å². The Morgan fingerprint density at radius 1 is 1.11 bits per heavy atom. The van der Waals surface area contributed by atoms with E-state index in [2.05, 4.69) is 50.9 Å². The molecule has 2 N–H and O–H groups in total. The van der Waals surface area contributed by atoms with Gasteiger partial charge in [-0.2, -0.15) is 0 Å². The summed E-state index contributed by atoms with van der Waals surface area (Å²) in [4.78, 5) is 6.90. The molecule has 2 rings (SSSR count). The zero-order valence-electron chi connectivity index (χ0n) is 17.4. The summed E-state index contributed by atoms with van der Waals surface area (Å²) < 4.78 is 10.4. The van der Waals surface area contributed by atoms with Gasteiger partial charge in [-0.05, 0) is 31.2 Å². The van der Waals surface area contributed by atoms with Gasteiger partial charge in [0.1, 0.15) is 0 Å². The number of nitrogens with one attached hydrogen (secondary N) is 2. The lowest BCUT2D eigenvalue weighted by atomic mass is 10.0. The third-order valence-electron chi connectivity index (χ3n) is 4.84. The topological polar surface area (TPSA) is 58.1 Å². The zero-order chi connectivity index (χ0) is 19.2. The van der Waals surface area contributed by atoms with Crippen LogP contribution in [0.15, 0.2) is 35.3 Å². The maximum atomic E-state index is 5.48. The molecule has 0 spiro atoms. The van der Waals surface area contributed by atoms with Crippen molar-refractivity contribution in [1.29, 1.82) is 0 Å². The highest BCUT2D eigenvalue weighted by molar-refractivity contribution is 14.0. The van der Waals surface area contributed by atoms with Gasteiger partial charge in [0, 0.05) is 53.0 Å². The van der Waals surface area contributed by atoms with E-state index < -0.39 is 0 Å². The van der Waals surface area contributed by atoms with Gasteiger partial charge >= 0.3 is 0 Å². The van der Waals surface area contributed by atoms with E-state index >= 15 is 0 Å². The molecule has 0 atom stereocenters. The van der Waals surface area contributed by atoms with Crippen LogP contribution >= 0.6 is 24.0 Å². The Morgan fingerprint density at radius 2 is 1.86 bits per heavy atom. The van der Waals surface area contributed by atoms with Gasteiger partial charge < -0.3 is 20.1 Å². The lowest BCUT2D eigenvalue weighted by Crippen LogP contribution is -2.48. The standard InChI is InChI=1S/C21H36N4O2.HI/c1-22-21(23-12-6-7-15-27-17-16-26-2)24-20-10-13-25(14-11-20)18-19-8-4-3-5-9-19;/h3-5,8-9,20H,6-7,10-18H2,1-2H3,(H2,22,23,24);1H. The van der Waals surface area contributed by atoms with Crippen LogP contribution < -0.4 is 10.6 Å². The Morgan fingerprint density at radius 3 is 2.54 bits per heavy atom. The Labute approximate surface area is 187 Å². The lowest BCUT2D eigenvalue weighted by Gasteiger charge is -2.33. The molecule has 1 aromatic carbocycles. The first kappa shape index (κ1) is 25.1. The molecule has 0 aromatic heterocycles. The molecule has 1 aliphatic rings. The summed E-state index contributed by atoms with van der Waals surface area (Å²) in [5.74, 6) is 0.914. The number of guanidine groups is 1. The number of ether oxygens (including phenoxy) is 2. The van der Waals surface area contributed by atoms with Crippen molar-refractivity contribution < 1.29 is 9.47 Å². The minimum Gasteiger partial charge on any atom is -0.382 e. The van der Waals surface area contributed by atoms with Crippen LogP contribution in [0, 0.1) is 0 Å². The van der Waals surface area contributed by atoms with Crippen molar-refractivity contribution in [2.24, 2.45) is 4.99 Å². The summed E-state index contributed by atoms with van der Waals surface area (Å²) in [7, 11) is 3.53. The summed E-state index contributed by atoms with van der Waals surface area (Å²) in [6.07, 6.45) is 4.43. The van der Waals surface area contributed by atoms with E-state index in [1.807, 2.05) is 7.05 Å². The van der Waals surface area contributed by atoms with E-state index in [-0.39, 0.29) is 24.0 Å². The van der Waals surface area contributed by atoms with Crippen molar-refractivity contribution in [2.45, 2.75) is 38.3 Å². The SMILES string of the molecule is CN=C(NCCCCOCCOC)NC1CCN(Cc2ccccc2)CC1.I. The number of piperidine rings is 1. The summed E-state index contributed by atoms with van der Waals surface area (Å²) in [6.45, 7) is 6.35. The largest absolute Gasteiger partial charge is 0.382 e. The van der Waals surface area contributed by atoms with E-state index in [1.54, 1.807) is 7.11 Å². The number of benzene rings is 1. The summed E-state index contributed by atoms with van der Waals surface area (Å²) in [5, 5.41) is 6.99. The molecule has 7 heteroatoms. The highest BCUT2D eigenvalue weighted by Crippen LogP contribution is 2.13. The minimum absolute atomic E-state index is 0. The Hall–Kier alpha value is -0.900. The van der Waals surface area contributed by atoms with Crippen LogP contribution in [0.4, 0.5) is 0 Å². The molecule has 28 heavy (non-hydrogen) atoms. The highest BCUT2D eigenvalue weighted by atomic mass is 127. The molecule has 0 amide bonds. The third-order valence-corrected chi connectivity index (χ3v) is 4.84. The number of halogens is 1. The molecule has 0 radical (unpaired) electrons. The number of aliphatic imine (C=N–C) groups is 1. The van der Waals surface area contributed by atoms with Gasteiger partial charge in [0.15, 0.2) is 5.96 Å². The van der Waals surface area contributed by atoms with E-state index in [1.165, 1.54) is 5.56 Å². The van der Waals surface area contributed by atoms with Crippen LogP contribution in [-0.2, 0) is 16.0 Å². The van der Waals surface area contributed by atoms with Gasteiger partial charge in [0.05, 0.1) is 13.2 Å². The molecule has 0 saturated carbocycles. The van der Waals surface area contributed by atoms with Gasteiger partial charge in [-0.15, -0.1) is 24.0 Å². The maximum Gasteiger partial charge on any atom is 0.191 e. The Bertz CT molecular complexity index is 522. The molecule has 0 unspecified atom stereocenters. The molecule has 0 aliphatic carbocycles. The number of rotatable bonds is 11. The molecule has 1 saturated heterocycles. The van der Waals surface area contributed by atoms with E-state index in [0.717, 1.165) is 64.4 Å². The molecule has 0 bridgehead atoms. The summed E-state index contributed by atoms with van der Waals surface area (Å²) >= 11 is 0. The quantitative estimate of drug-likeness (QED) is 0.210. The predicted molar refractivity (Wildman–Crippen MR) is 127 cm³/mol. The van der Waals surface area contributed by atoms with Gasteiger partial charge in [-0.3, -0.25) is 9.89 Å². The first-order valence-corrected chi connectivity index (χ1v) is 10.1. The molecule has 1 aliphatic heterocycles. The normalized spacial score (nSPS) is 15.9. The van der Waals surface area contributed by atoms with Crippen LogP contribution in [0.5, 0.6) is 0 Å². The smallest absolute Gasteiger partial charge is 0.191 e. The van der Waals surface area contributed by atoms with Crippen LogP contribution in [0.3, 0.4) is 0 Å². The van der Waals surface area contributed by atoms with Crippen molar-refractivity contribution in [3.8, 4) is 0 Å². The monoisotopic (exact) mass is 504 g/mol. The lowest BCUT2D eigenvalue weighted by molar-refractivity contribution is 0.0689. The van der Waals surface area contributed by atoms with Crippen LogP contribution in [-0.4, -0.2) is 70.5 Å². The van der Waals surface area contributed by atoms with Crippen molar-refractivity contribution in [3.63, 3.8) is 0 Å². The summed E-state index contributed by atoms with van der Waals surface area (Å²) in [5.41, 5.74) is 1.40. The number of likely N-dealkylation sites (tertiary alicyclic amines) is 1. The average Bonchev–Trinajstić information content (AvgIpc) is 2.71. The van der Waals surface area contributed by atoms with Crippen molar-refractivity contribution in [1.82, 2.24) is 15.5 Å². The predicted octanol–water partition coefficient (Wildman–Crippen LogP) is 2.88. The van der Waals surface area contributed by atoms with Gasteiger partial charge in [-0.25, -0.2) is 0 Å². The Kier molecular flexibility index (Phi) is 14.3. The van der Waals surface area contributed by atoms with Gasteiger partial charge in [0.25, 0.3) is 0 Å². The fourth-order valence-corrected chi connectivity index (χ4v) is 3.25. The Balaban J connectivity index is 0.00000392. The molecule has 1 aromatic rings. The second-order valence-corrected chi connectivity index (χ2v) is 6.99. The number of hydrogen-bond acceptors (Lipinski definition) is 4. The van der Waals surface area contributed by atoms with Crippen molar-refractivity contribution in [3.05, 3.63) is 35.9 Å². The van der Waals surface area contributed by atoms with E-state index in [9.17, 15) is 0 Å². The molecule has 1 heterocycles. The van der Waals surface area contributed by atoms with Gasteiger partial charge in [0.2, 0.25) is 0 Å². The third kappa shape index (κ3) is 10.6. The first-order chi connectivity index (χ1) is 13.3. The molecular formula is C21H37IN4O2. The number of hydrogen-bond donors (Lipinski definition) is 2. The fraction of sp³-hybridized carbons (Fsp3) is 0.667. The fourth-order valence-electron chi connectivity index (χ4n) is 3.25. The second-order valence-electron chi connectivity index (χ2n) is 6.99.